The van der Waals surface area contributed by atoms with Gasteiger partial charge in [0.15, 0.2) is 0 Å². The molecule has 1 amide bonds. The molecule has 2 heterocycles. The fourth-order valence-electron chi connectivity index (χ4n) is 2.23. The number of aryl methyl sites for hydroxylation is 1. The van der Waals surface area contributed by atoms with E-state index in [0.717, 1.165) is 17.3 Å². The fourth-order valence-corrected chi connectivity index (χ4v) is 2.61. The van der Waals surface area contributed by atoms with Gasteiger partial charge in [-0.25, -0.2) is 0 Å². The van der Waals surface area contributed by atoms with Crippen molar-refractivity contribution in [3.63, 3.8) is 0 Å². The standard InChI is InChI=1S/C13H17BrN2O3/c14-10-3-4-12(18)16(8-10)7-5-13(19)15-6-1-2-11(17)9-15/h3-4,8,11,17H,1-2,5-7,9H2. The van der Waals surface area contributed by atoms with E-state index in [0.29, 0.717) is 19.6 Å². The Balaban J connectivity index is 1.93. The molecule has 1 atom stereocenters. The normalized spacial score (nSPS) is 19.5. The van der Waals surface area contributed by atoms with Gasteiger partial charge in [0.2, 0.25) is 5.91 Å². The number of piperidine rings is 1. The first kappa shape index (κ1) is 14.3. The Morgan fingerprint density at radius 3 is 3.00 bits per heavy atom. The number of pyridine rings is 1. The predicted molar refractivity (Wildman–Crippen MR) is 74.8 cm³/mol. The number of amides is 1. The number of aromatic nitrogens is 1. The molecule has 1 aliphatic heterocycles. The molecule has 0 bridgehead atoms. The van der Waals surface area contributed by atoms with Crippen molar-refractivity contribution in [3.05, 3.63) is 33.2 Å². The lowest BCUT2D eigenvalue weighted by molar-refractivity contribution is -0.134. The van der Waals surface area contributed by atoms with Gasteiger partial charge < -0.3 is 14.6 Å². The molecule has 0 spiro atoms. The van der Waals surface area contributed by atoms with Crippen molar-refractivity contribution in [1.29, 1.82) is 0 Å². The topological polar surface area (TPSA) is 62.5 Å². The number of halogens is 1. The molecule has 1 N–H and O–H groups in total. The van der Waals surface area contributed by atoms with Gasteiger partial charge in [-0.3, -0.25) is 9.59 Å². The number of carbonyl (C=O) groups excluding carboxylic acids is 1. The summed E-state index contributed by atoms with van der Waals surface area (Å²) in [6, 6.07) is 3.15. The van der Waals surface area contributed by atoms with Gasteiger partial charge in [-0.1, -0.05) is 0 Å². The van der Waals surface area contributed by atoms with Crippen LogP contribution in [0.25, 0.3) is 0 Å². The van der Waals surface area contributed by atoms with E-state index in [9.17, 15) is 14.7 Å². The highest BCUT2D eigenvalue weighted by Gasteiger charge is 2.21. The zero-order valence-electron chi connectivity index (χ0n) is 10.6. The third-order valence-corrected chi connectivity index (χ3v) is 3.73. The maximum Gasteiger partial charge on any atom is 0.250 e. The van der Waals surface area contributed by atoms with Gasteiger partial charge in [0, 0.05) is 42.8 Å². The molecule has 2 rings (SSSR count). The van der Waals surface area contributed by atoms with Crippen LogP contribution in [-0.4, -0.2) is 39.7 Å². The second-order valence-electron chi connectivity index (χ2n) is 4.76. The Labute approximate surface area is 120 Å². The summed E-state index contributed by atoms with van der Waals surface area (Å²) in [7, 11) is 0. The van der Waals surface area contributed by atoms with E-state index < -0.39 is 6.10 Å². The lowest BCUT2D eigenvalue weighted by Gasteiger charge is -2.30. The molecule has 1 unspecified atom stereocenters. The van der Waals surface area contributed by atoms with Crippen LogP contribution in [0.4, 0.5) is 0 Å². The van der Waals surface area contributed by atoms with Crippen molar-refractivity contribution in [3.8, 4) is 0 Å². The number of hydrogen-bond donors (Lipinski definition) is 1. The average Bonchev–Trinajstić information content (AvgIpc) is 2.39. The number of hydrogen-bond acceptors (Lipinski definition) is 3. The molecule has 19 heavy (non-hydrogen) atoms. The number of nitrogens with zero attached hydrogens (tertiary/aromatic N) is 2. The highest BCUT2D eigenvalue weighted by molar-refractivity contribution is 9.10. The molecule has 1 aliphatic rings. The van der Waals surface area contributed by atoms with E-state index in [2.05, 4.69) is 15.9 Å². The molecule has 1 aromatic rings. The molecule has 0 aliphatic carbocycles. The first-order valence-corrected chi connectivity index (χ1v) is 7.17. The van der Waals surface area contributed by atoms with Crippen LogP contribution in [0.5, 0.6) is 0 Å². The lowest BCUT2D eigenvalue weighted by atomic mass is 10.1. The van der Waals surface area contributed by atoms with Crippen molar-refractivity contribution in [2.24, 2.45) is 0 Å². The van der Waals surface area contributed by atoms with Crippen LogP contribution in [0.3, 0.4) is 0 Å². The van der Waals surface area contributed by atoms with Crippen molar-refractivity contribution < 1.29 is 9.90 Å². The Hall–Kier alpha value is -1.14. The van der Waals surface area contributed by atoms with Gasteiger partial charge in [-0.2, -0.15) is 0 Å². The van der Waals surface area contributed by atoms with Gasteiger partial charge in [-0.15, -0.1) is 0 Å². The zero-order chi connectivity index (χ0) is 13.8. The van der Waals surface area contributed by atoms with Crippen LogP contribution < -0.4 is 5.56 Å². The van der Waals surface area contributed by atoms with Crippen molar-refractivity contribution in [1.82, 2.24) is 9.47 Å². The molecular weight excluding hydrogens is 312 g/mol. The second-order valence-corrected chi connectivity index (χ2v) is 5.68. The van der Waals surface area contributed by atoms with Crippen LogP contribution in [0.1, 0.15) is 19.3 Å². The Morgan fingerprint density at radius 2 is 2.26 bits per heavy atom. The highest BCUT2D eigenvalue weighted by atomic mass is 79.9. The van der Waals surface area contributed by atoms with Crippen LogP contribution in [0.15, 0.2) is 27.6 Å². The highest BCUT2D eigenvalue weighted by Crippen LogP contribution is 2.11. The molecule has 1 aromatic heterocycles. The van der Waals surface area contributed by atoms with Gasteiger partial charge in [0.1, 0.15) is 0 Å². The van der Waals surface area contributed by atoms with Crippen LogP contribution in [-0.2, 0) is 11.3 Å². The summed E-state index contributed by atoms with van der Waals surface area (Å²) < 4.78 is 2.33. The number of aliphatic hydroxyl groups excluding tert-OH is 1. The molecule has 1 saturated heterocycles. The minimum Gasteiger partial charge on any atom is -0.391 e. The maximum atomic E-state index is 12.0. The lowest BCUT2D eigenvalue weighted by Crippen LogP contribution is -2.42. The summed E-state index contributed by atoms with van der Waals surface area (Å²) in [5, 5.41) is 9.54. The van der Waals surface area contributed by atoms with E-state index in [1.54, 1.807) is 17.2 Å². The monoisotopic (exact) mass is 328 g/mol. The van der Waals surface area contributed by atoms with Crippen molar-refractivity contribution in [2.75, 3.05) is 13.1 Å². The molecule has 6 heteroatoms. The summed E-state index contributed by atoms with van der Waals surface area (Å²) in [5.74, 6) is -0.00868. The first-order valence-electron chi connectivity index (χ1n) is 6.38. The minimum absolute atomic E-state index is 0.00868. The van der Waals surface area contributed by atoms with Crippen molar-refractivity contribution >= 4 is 21.8 Å². The number of likely N-dealkylation sites (tertiary alicyclic amines) is 1. The third-order valence-electron chi connectivity index (χ3n) is 3.26. The first-order chi connectivity index (χ1) is 9.06. The third kappa shape index (κ3) is 3.91. The predicted octanol–water partition coefficient (Wildman–Crippen LogP) is 0.984. The van der Waals surface area contributed by atoms with Gasteiger partial charge >= 0.3 is 0 Å². The van der Waals surface area contributed by atoms with E-state index >= 15 is 0 Å². The molecule has 0 radical (unpaired) electrons. The minimum atomic E-state index is -0.411. The van der Waals surface area contributed by atoms with E-state index in [1.165, 1.54) is 10.6 Å². The SMILES string of the molecule is O=C(CCn1cc(Br)ccc1=O)N1CCCC(O)C1. The summed E-state index contributed by atoms with van der Waals surface area (Å²) in [5.41, 5.74) is -0.116. The number of carbonyl (C=O) groups is 1. The number of β-amino-alcohol motifs (C(OH)–C–C–N with tert-alkyl or cyclic N) is 1. The molecule has 104 valence electrons. The second kappa shape index (κ2) is 6.34. The van der Waals surface area contributed by atoms with Crippen LogP contribution >= 0.6 is 15.9 Å². The van der Waals surface area contributed by atoms with E-state index in [4.69, 9.17) is 0 Å². The fraction of sp³-hybridized carbons (Fsp3) is 0.538. The van der Waals surface area contributed by atoms with Crippen LogP contribution in [0, 0.1) is 0 Å². The van der Waals surface area contributed by atoms with Gasteiger partial charge in [0.05, 0.1) is 6.10 Å². The Kier molecular flexibility index (Phi) is 4.76. The molecule has 1 fully saturated rings. The van der Waals surface area contributed by atoms with E-state index in [1.807, 2.05) is 0 Å². The van der Waals surface area contributed by atoms with Crippen LogP contribution in [0.2, 0.25) is 0 Å². The summed E-state index contributed by atoms with van der Waals surface area (Å²) in [4.78, 5) is 25.3. The smallest absolute Gasteiger partial charge is 0.250 e. The molecular formula is C13H17BrN2O3. The summed E-state index contributed by atoms with van der Waals surface area (Å²) in [6.07, 6.45) is 3.15. The average molecular weight is 329 g/mol. The van der Waals surface area contributed by atoms with Gasteiger partial charge in [-0.05, 0) is 34.8 Å². The Bertz CT molecular complexity index is 515. The zero-order valence-corrected chi connectivity index (χ0v) is 12.2. The number of rotatable bonds is 3. The molecule has 0 saturated carbocycles. The quantitative estimate of drug-likeness (QED) is 0.899. The maximum absolute atomic E-state index is 12.0. The largest absolute Gasteiger partial charge is 0.391 e. The number of aliphatic hydroxyl groups is 1. The van der Waals surface area contributed by atoms with Crippen molar-refractivity contribution in [2.45, 2.75) is 31.9 Å². The summed E-state index contributed by atoms with van der Waals surface area (Å²) in [6.45, 7) is 1.47. The molecule has 5 nitrogen and oxygen atoms in total. The molecule has 0 aromatic carbocycles. The Morgan fingerprint density at radius 1 is 1.47 bits per heavy atom. The van der Waals surface area contributed by atoms with E-state index in [-0.39, 0.29) is 17.9 Å². The van der Waals surface area contributed by atoms with Gasteiger partial charge in [0.25, 0.3) is 5.56 Å². The summed E-state index contributed by atoms with van der Waals surface area (Å²) >= 11 is 3.30.